The number of rotatable bonds is 7. The topological polar surface area (TPSA) is 84.9 Å². The maximum atomic E-state index is 13.1. The lowest BCUT2D eigenvalue weighted by molar-refractivity contribution is 0.102. The predicted octanol–water partition coefficient (Wildman–Crippen LogP) is 4.93. The molecule has 34 heavy (non-hydrogen) atoms. The van der Waals surface area contributed by atoms with Crippen LogP contribution in [0.5, 0.6) is 11.5 Å². The minimum absolute atomic E-state index is 0.0609. The molecule has 1 amide bonds. The van der Waals surface area contributed by atoms with Crippen molar-refractivity contribution >= 4 is 38.1 Å². The third-order valence-electron chi connectivity index (χ3n) is 5.51. The summed E-state index contributed by atoms with van der Waals surface area (Å²) in [6.45, 7) is 0. The van der Waals surface area contributed by atoms with Crippen molar-refractivity contribution < 1.29 is 22.7 Å². The fourth-order valence-corrected chi connectivity index (χ4v) is 4.78. The molecule has 0 saturated carbocycles. The molecule has 0 bridgehead atoms. The Morgan fingerprint density at radius 3 is 2.15 bits per heavy atom. The van der Waals surface area contributed by atoms with Crippen LogP contribution in [0.2, 0.25) is 0 Å². The standard InChI is InChI=1S/C26H24N2O5S/c1-28(34(30,31)23-14-15-24(32-2)25(17-23)33-3)22-12-9-19(10-13-22)26(29)27-21-11-8-18-6-4-5-7-20(18)16-21/h4-17H,1-3H3,(H,27,29). The van der Waals surface area contributed by atoms with Gasteiger partial charge in [-0.25, -0.2) is 8.42 Å². The normalized spacial score (nSPS) is 11.1. The van der Waals surface area contributed by atoms with Gasteiger partial charge in [0.15, 0.2) is 11.5 Å². The first-order chi connectivity index (χ1) is 16.3. The van der Waals surface area contributed by atoms with E-state index in [9.17, 15) is 13.2 Å². The molecular formula is C26H24N2O5S. The molecule has 1 N–H and O–H groups in total. The second-order valence-corrected chi connectivity index (χ2v) is 9.52. The Hall–Kier alpha value is -4.04. The van der Waals surface area contributed by atoms with Crippen LogP contribution in [0.3, 0.4) is 0 Å². The maximum absolute atomic E-state index is 13.1. The zero-order chi connectivity index (χ0) is 24.3. The monoisotopic (exact) mass is 476 g/mol. The first-order valence-electron chi connectivity index (χ1n) is 10.4. The summed E-state index contributed by atoms with van der Waals surface area (Å²) in [7, 11) is 0.526. The van der Waals surface area contributed by atoms with Gasteiger partial charge in [-0.05, 0) is 59.3 Å². The summed E-state index contributed by atoms with van der Waals surface area (Å²) in [5.74, 6) is 0.468. The van der Waals surface area contributed by atoms with Crippen LogP contribution >= 0.6 is 0 Å². The second kappa shape index (κ2) is 9.44. The van der Waals surface area contributed by atoms with Gasteiger partial charge in [-0.3, -0.25) is 9.10 Å². The van der Waals surface area contributed by atoms with Crippen LogP contribution in [0.25, 0.3) is 10.8 Å². The Bertz CT molecular complexity index is 1450. The van der Waals surface area contributed by atoms with E-state index in [0.29, 0.717) is 28.4 Å². The number of anilines is 2. The van der Waals surface area contributed by atoms with Crippen LogP contribution in [0.4, 0.5) is 11.4 Å². The van der Waals surface area contributed by atoms with Gasteiger partial charge in [0, 0.05) is 24.4 Å². The number of hydrogen-bond donors (Lipinski definition) is 1. The van der Waals surface area contributed by atoms with Crippen LogP contribution in [0.15, 0.2) is 89.8 Å². The lowest BCUT2D eigenvalue weighted by Gasteiger charge is -2.20. The Kier molecular flexibility index (Phi) is 6.43. The fraction of sp³-hybridized carbons (Fsp3) is 0.115. The molecule has 0 fully saturated rings. The number of carbonyl (C=O) groups is 1. The number of sulfonamides is 1. The number of nitrogens with one attached hydrogen (secondary N) is 1. The number of benzene rings is 4. The van der Waals surface area contributed by atoms with E-state index in [4.69, 9.17) is 9.47 Å². The molecule has 4 aromatic carbocycles. The van der Waals surface area contributed by atoms with Crippen LogP contribution in [-0.4, -0.2) is 35.6 Å². The molecule has 0 aliphatic rings. The van der Waals surface area contributed by atoms with Gasteiger partial charge in [0.2, 0.25) is 0 Å². The van der Waals surface area contributed by atoms with Crippen LogP contribution in [0.1, 0.15) is 10.4 Å². The Morgan fingerprint density at radius 2 is 1.47 bits per heavy atom. The third-order valence-corrected chi connectivity index (χ3v) is 7.30. The number of amides is 1. The lowest BCUT2D eigenvalue weighted by Crippen LogP contribution is -2.26. The van der Waals surface area contributed by atoms with Gasteiger partial charge in [-0.2, -0.15) is 0 Å². The summed E-state index contributed by atoms with van der Waals surface area (Å²) in [4.78, 5) is 12.8. The SMILES string of the molecule is COc1ccc(S(=O)(=O)N(C)c2ccc(C(=O)Nc3ccc4ccccc4c3)cc2)cc1OC. The zero-order valence-electron chi connectivity index (χ0n) is 19.0. The quantitative estimate of drug-likeness (QED) is 0.409. The van der Waals surface area contributed by atoms with Gasteiger partial charge in [-0.1, -0.05) is 30.3 Å². The number of fused-ring (bicyclic) bond motifs is 1. The van der Waals surface area contributed by atoms with E-state index >= 15 is 0 Å². The first kappa shape index (κ1) is 23.1. The van der Waals surface area contributed by atoms with Crippen molar-refractivity contribution in [3.05, 3.63) is 90.5 Å². The molecule has 4 rings (SSSR count). The summed E-state index contributed by atoms with van der Waals surface area (Å²) in [5, 5.41) is 4.99. The number of ether oxygens (including phenoxy) is 2. The molecule has 0 aromatic heterocycles. The average Bonchev–Trinajstić information content (AvgIpc) is 2.87. The van der Waals surface area contributed by atoms with Gasteiger partial charge in [0.05, 0.1) is 24.8 Å². The van der Waals surface area contributed by atoms with E-state index in [1.54, 1.807) is 30.3 Å². The highest BCUT2D eigenvalue weighted by Crippen LogP contribution is 2.31. The van der Waals surface area contributed by atoms with Crippen molar-refractivity contribution in [3.63, 3.8) is 0 Å². The molecule has 7 nitrogen and oxygen atoms in total. The van der Waals surface area contributed by atoms with Crippen molar-refractivity contribution in [1.82, 2.24) is 0 Å². The van der Waals surface area contributed by atoms with Crippen molar-refractivity contribution in [2.45, 2.75) is 4.90 Å². The molecule has 174 valence electrons. The predicted molar refractivity (Wildman–Crippen MR) is 133 cm³/mol. The highest BCUT2D eigenvalue weighted by molar-refractivity contribution is 7.92. The van der Waals surface area contributed by atoms with Gasteiger partial charge in [0.1, 0.15) is 0 Å². The minimum atomic E-state index is -3.85. The largest absolute Gasteiger partial charge is 0.493 e. The van der Waals surface area contributed by atoms with Crippen LogP contribution in [-0.2, 0) is 10.0 Å². The minimum Gasteiger partial charge on any atom is -0.493 e. The molecule has 0 aliphatic heterocycles. The van der Waals surface area contributed by atoms with Crippen molar-refractivity contribution in [2.75, 3.05) is 30.9 Å². The fourth-order valence-electron chi connectivity index (χ4n) is 3.57. The third kappa shape index (κ3) is 4.53. The van der Waals surface area contributed by atoms with Crippen LogP contribution < -0.4 is 19.1 Å². The average molecular weight is 477 g/mol. The molecule has 0 radical (unpaired) electrons. The Morgan fingerprint density at radius 1 is 0.794 bits per heavy atom. The van der Waals surface area contributed by atoms with E-state index in [1.807, 2.05) is 42.5 Å². The van der Waals surface area contributed by atoms with Gasteiger partial charge >= 0.3 is 0 Å². The molecule has 4 aromatic rings. The Labute approximate surface area is 198 Å². The summed E-state index contributed by atoms with van der Waals surface area (Å²) in [5.41, 5.74) is 1.51. The van der Waals surface area contributed by atoms with Crippen molar-refractivity contribution in [3.8, 4) is 11.5 Å². The Balaban J connectivity index is 1.52. The summed E-state index contributed by atoms with van der Waals surface area (Å²) in [6, 6.07) is 24.4. The van der Waals surface area contributed by atoms with Gasteiger partial charge < -0.3 is 14.8 Å². The van der Waals surface area contributed by atoms with E-state index in [-0.39, 0.29) is 10.8 Å². The van der Waals surface area contributed by atoms with Gasteiger partial charge in [0.25, 0.3) is 15.9 Å². The smallest absolute Gasteiger partial charge is 0.264 e. The zero-order valence-corrected chi connectivity index (χ0v) is 19.8. The highest BCUT2D eigenvalue weighted by Gasteiger charge is 2.23. The number of hydrogen-bond acceptors (Lipinski definition) is 5. The molecular weight excluding hydrogens is 452 g/mol. The lowest BCUT2D eigenvalue weighted by atomic mass is 10.1. The van der Waals surface area contributed by atoms with E-state index < -0.39 is 10.0 Å². The highest BCUT2D eigenvalue weighted by atomic mass is 32.2. The molecule has 0 atom stereocenters. The maximum Gasteiger partial charge on any atom is 0.264 e. The molecule has 0 aliphatic carbocycles. The van der Waals surface area contributed by atoms with Crippen molar-refractivity contribution in [2.24, 2.45) is 0 Å². The van der Waals surface area contributed by atoms with Gasteiger partial charge in [-0.15, -0.1) is 0 Å². The molecule has 0 heterocycles. The van der Waals surface area contributed by atoms with E-state index in [1.165, 1.54) is 33.4 Å². The molecule has 0 saturated heterocycles. The second-order valence-electron chi connectivity index (χ2n) is 7.55. The number of methoxy groups -OCH3 is 2. The molecule has 0 spiro atoms. The molecule has 8 heteroatoms. The van der Waals surface area contributed by atoms with E-state index in [2.05, 4.69) is 5.32 Å². The first-order valence-corrected chi connectivity index (χ1v) is 11.9. The van der Waals surface area contributed by atoms with Crippen molar-refractivity contribution in [1.29, 1.82) is 0 Å². The van der Waals surface area contributed by atoms with Crippen LogP contribution in [0, 0.1) is 0 Å². The summed E-state index contributed by atoms with van der Waals surface area (Å²) in [6.07, 6.45) is 0. The number of nitrogens with zero attached hydrogens (tertiary/aromatic N) is 1. The van der Waals surface area contributed by atoms with E-state index in [0.717, 1.165) is 15.1 Å². The summed E-state index contributed by atoms with van der Waals surface area (Å²) >= 11 is 0. The molecule has 0 unspecified atom stereocenters. The number of carbonyl (C=O) groups excluding carboxylic acids is 1. The summed E-state index contributed by atoms with van der Waals surface area (Å²) < 4.78 is 37.8.